The molecule has 0 radical (unpaired) electrons. The molecule has 0 spiro atoms. The van der Waals surface area contributed by atoms with Gasteiger partial charge in [0.1, 0.15) is 12.7 Å². The molecule has 6 heteroatoms. The van der Waals surface area contributed by atoms with Gasteiger partial charge in [0, 0.05) is 46.4 Å². The largest absolute Gasteiger partial charge is 0.493 e. The molecule has 3 rings (SSSR count). The highest BCUT2D eigenvalue weighted by Gasteiger charge is 2.19. The zero-order chi connectivity index (χ0) is 19.8. The summed E-state index contributed by atoms with van der Waals surface area (Å²) in [5, 5.41) is 10.4. The minimum atomic E-state index is -0.520. The Balaban J connectivity index is 1.52. The second-order valence-electron chi connectivity index (χ2n) is 7.68. The van der Waals surface area contributed by atoms with Gasteiger partial charge in [-0.1, -0.05) is 18.2 Å². The molecular formula is C22H34N2O4. The van der Waals surface area contributed by atoms with E-state index in [1.165, 1.54) is 5.56 Å². The zero-order valence-electron chi connectivity index (χ0n) is 17.2. The van der Waals surface area contributed by atoms with E-state index in [4.69, 9.17) is 14.2 Å². The van der Waals surface area contributed by atoms with E-state index in [1.807, 2.05) is 12.1 Å². The normalized spacial score (nSPS) is 20.2. The van der Waals surface area contributed by atoms with Crippen molar-refractivity contribution < 1.29 is 19.3 Å². The molecule has 2 heterocycles. The van der Waals surface area contributed by atoms with Gasteiger partial charge in [-0.15, -0.1) is 0 Å². The van der Waals surface area contributed by atoms with E-state index in [2.05, 4.69) is 28.0 Å². The van der Waals surface area contributed by atoms with E-state index < -0.39 is 6.10 Å². The topological polar surface area (TPSA) is 54.4 Å². The molecule has 0 saturated carbocycles. The van der Waals surface area contributed by atoms with Gasteiger partial charge in [-0.2, -0.15) is 0 Å². The monoisotopic (exact) mass is 390 g/mol. The molecule has 1 unspecified atom stereocenters. The first-order chi connectivity index (χ1) is 13.7. The maximum Gasteiger partial charge on any atom is 0.161 e. The number of likely N-dealkylation sites (tertiary alicyclic amines) is 1. The van der Waals surface area contributed by atoms with E-state index >= 15 is 0 Å². The summed E-state index contributed by atoms with van der Waals surface area (Å²) in [6, 6.07) is 6.08. The summed E-state index contributed by atoms with van der Waals surface area (Å²) in [6.07, 6.45) is 7.41. The first kappa shape index (κ1) is 21.1. The van der Waals surface area contributed by atoms with Crippen LogP contribution in [0.3, 0.4) is 0 Å². The zero-order valence-corrected chi connectivity index (χ0v) is 17.2. The maximum atomic E-state index is 10.4. The van der Waals surface area contributed by atoms with Crippen LogP contribution in [0.5, 0.6) is 11.5 Å². The summed E-state index contributed by atoms with van der Waals surface area (Å²) in [4.78, 5) is 4.69. The van der Waals surface area contributed by atoms with Crippen LogP contribution in [0.15, 0.2) is 30.4 Å². The van der Waals surface area contributed by atoms with Crippen LogP contribution in [0.25, 0.3) is 0 Å². The molecule has 0 aromatic heterocycles. The van der Waals surface area contributed by atoms with Crippen LogP contribution in [0.4, 0.5) is 0 Å². The van der Waals surface area contributed by atoms with Crippen molar-refractivity contribution in [2.45, 2.75) is 38.0 Å². The Kier molecular flexibility index (Phi) is 8.15. The number of ether oxygens (including phenoxy) is 3. The fourth-order valence-corrected chi connectivity index (χ4v) is 3.89. The lowest BCUT2D eigenvalue weighted by molar-refractivity contribution is 0.0388. The number of aliphatic hydroxyl groups excluding tert-OH is 1. The SMILES string of the molecule is COc1ccc(CN2CCC(OC)CC2)cc1OCC(O)CN1CC=CCC1. The second-order valence-corrected chi connectivity index (χ2v) is 7.68. The number of aliphatic hydroxyl groups is 1. The van der Waals surface area contributed by atoms with Crippen molar-refractivity contribution in [1.29, 1.82) is 0 Å². The Morgan fingerprint density at radius 1 is 1.07 bits per heavy atom. The molecular weight excluding hydrogens is 356 g/mol. The fourth-order valence-electron chi connectivity index (χ4n) is 3.89. The predicted molar refractivity (Wildman–Crippen MR) is 110 cm³/mol. The van der Waals surface area contributed by atoms with E-state index in [0.717, 1.165) is 52.0 Å². The Morgan fingerprint density at radius 2 is 1.89 bits per heavy atom. The predicted octanol–water partition coefficient (Wildman–Crippen LogP) is 2.31. The Bertz CT molecular complexity index is 629. The van der Waals surface area contributed by atoms with Gasteiger partial charge in [0.05, 0.1) is 13.2 Å². The maximum absolute atomic E-state index is 10.4. The Labute approximate surface area is 168 Å². The van der Waals surface area contributed by atoms with E-state index in [9.17, 15) is 5.11 Å². The van der Waals surface area contributed by atoms with Crippen LogP contribution in [0.2, 0.25) is 0 Å². The van der Waals surface area contributed by atoms with Gasteiger partial charge in [-0.3, -0.25) is 9.80 Å². The van der Waals surface area contributed by atoms with Crippen LogP contribution in [0.1, 0.15) is 24.8 Å². The van der Waals surface area contributed by atoms with Crippen LogP contribution in [-0.2, 0) is 11.3 Å². The molecule has 1 aromatic carbocycles. The third kappa shape index (κ3) is 6.21. The van der Waals surface area contributed by atoms with Gasteiger partial charge in [0.25, 0.3) is 0 Å². The molecule has 1 N–H and O–H groups in total. The lowest BCUT2D eigenvalue weighted by Gasteiger charge is -2.31. The van der Waals surface area contributed by atoms with Crippen molar-refractivity contribution in [3.8, 4) is 11.5 Å². The van der Waals surface area contributed by atoms with Gasteiger partial charge in [-0.05, 0) is 37.0 Å². The third-order valence-electron chi connectivity index (χ3n) is 5.54. The van der Waals surface area contributed by atoms with E-state index in [0.29, 0.717) is 24.1 Å². The summed E-state index contributed by atoms with van der Waals surface area (Å²) in [5.74, 6) is 1.40. The van der Waals surface area contributed by atoms with Crippen LogP contribution < -0.4 is 9.47 Å². The van der Waals surface area contributed by atoms with Crippen LogP contribution >= 0.6 is 0 Å². The lowest BCUT2D eigenvalue weighted by Crippen LogP contribution is -2.37. The highest BCUT2D eigenvalue weighted by molar-refractivity contribution is 5.43. The standard InChI is InChI=1S/C22H34N2O4/c1-26-20-8-12-24(13-9-20)15-18-6-7-21(27-2)22(14-18)28-17-19(25)16-23-10-4-3-5-11-23/h3-4,6-7,14,19-20,25H,5,8-13,15-17H2,1-2H3. The first-order valence-corrected chi connectivity index (χ1v) is 10.3. The first-order valence-electron chi connectivity index (χ1n) is 10.3. The average Bonchev–Trinajstić information content (AvgIpc) is 2.73. The molecule has 0 aliphatic carbocycles. The smallest absolute Gasteiger partial charge is 0.161 e. The van der Waals surface area contributed by atoms with Crippen molar-refractivity contribution in [3.63, 3.8) is 0 Å². The van der Waals surface area contributed by atoms with Gasteiger partial charge in [-0.25, -0.2) is 0 Å². The van der Waals surface area contributed by atoms with Gasteiger partial charge < -0.3 is 19.3 Å². The van der Waals surface area contributed by atoms with Crippen molar-refractivity contribution in [2.75, 3.05) is 53.6 Å². The third-order valence-corrected chi connectivity index (χ3v) is 5.54. The number of piperidine rings is 1. The summed E-state index contributed by atoms with van der Waals surface area (Å²) in [7, 11) is 3.44. The average molecular weight is 391 g/mol. The number of benzene rings is 1. The van der Waals surface area contributed by atoms with Crippen LogP contribution in [-0.4, -0.2) is 80.7 Å². The quantitative estimate of drug-likeness (QED) is 0.653. The van der Waals surface area contributed by atoms with E-state index in [-0.39, 0.29) is 6.61 Å². The number of methoxy groups -OCH3 is 2. The van der Waals surface area contributed by atoms with Gasteiger partial charge in [0.15, 0.2) is 11.5 Å². The minimum Gasteiger partial charge on any atom is -0.493 e. The van der Waals surface area contributed by atoms with Crippen molar-refractivity contribution in [3.05, 3.63) is 35.9 Å². The fraction of sp³-hybridized carbons (Fsp3) is 0.636. The molecule has 28 heavy (non-hydrogen) atoms. The molecule has 2 aliphatic heterocycles. The van der Waals surface area contributed by atoms with Crippen molar-refractivity contribution in [2.24, 2.45) is 0 Å². The summed E-state index contributed by atoms with van der Waals surface area (Å²) < 4.78 is 16.8. The van der Waals surface area contributed by atoms with Crippen LogP contribution in [0, 0.1) is 0 Å². The molecule has 1 atom stereocenters. The van der Waals surface area contributed by atoms with Crippen molar-refractivity contribution in [1.82, 2.24) is 9.80 Å². The lowest BCUT2D eigenvalue weighted by atomic mass is 10.1. The second kappa shape index (κ2) is 10.8. The number of β-amino-alcohol motifs (C(OH)–C–C–N with tert-alkyl or cyclic N) is 1. The van der Waals surface area contributed by atoms with Crippen molar-refractivity contribution >= 4 is 0 Å². The molecule has 6 nitrogen and oxygen atoms in total. The number of nitrogens with zero attached hydrogens (tertiary/aromatic N) is 2. The number of rotatable bonds is 9. The number of hydrogen-bond donors (Lipinski definition) is 1. The molecule has 1 aromatic rings. The molecule has 2 aliphatic rings. The minimum absolute atomic E-state index is 0.263. The molecule has 156 valence electrons. The highest BCUT2D eigenvalue weighted by Crippen LogP contribution is 2.29. The molecule has 1 saturated heterocycles. The van der Waals surface area contributed by atoms with Gasteiger partial charge in [0.2, 0.25) is 0 Å². The highest BCUT2D eigenvalue weighted by atomic mass is 16.5. The molecule has 1 fully saturated rings. The molecule has 0 bridgehead atoms. The summed E-state index contributed by atoms with van der Waals surface area (Å²) in [6.45, 7) is 5.76. The van der Waals surface area contributed by atoms with Gasteiger partial charge >= 0.3 is 0 Å². The Hall–Kier alpha value is -1.60. The molecule has 0 amide bonds. The summed E-state index contributed by atoms with van der Waals surface area (Å²) >= 11 is 0. The summed E-state index contributed by atoms with van der Waals surface area (Å²) in [5.41, 5.74) is 1.20. The van der Waals surface area contributed by atoms with E-state index in [1.54, 1.807) is 14.2 Å². The number of hydrogen-bond acceptors (Lipinski definition) is 6. The Morgan fingerprint density at radius 3 is 2.57 bits per heavy atom.